The van der Waals surface area contributed by atoms with E-state index in [1.54, 1.807) is 5.32 Å². The average Bonchev–Trinajstić information content (AvgIpc) is 3.33. The van der Waals surface area contributed by atoms with Crippen molar-refractivity contribution in [3.63, 3.8) is 0 Å². The van der Waals surface area contributed by atoms with E-state index in [1.165, 1.54) is 44.6 Å². The van der Waals surface area contributed by atoms with Crippen molar-refractivity contribution in [3.05, 3.63) is 52.9 Å². The first kappa shape index (κ1) is 25.5. The highest BCUT2D eigenvalue weighted by Crippen LogP contribution is 2.42. The maximum absolute atomic E-state index is 14.9. The van der Waals surface area contributed by atoms with Gasteiger partial charge in [-0.05, 0) is 25.1 Å². The van der Waals surface area contributed by atoms with E-state index >= 15 is 0 Å². The van der Waals surface area contributed by atoms with Crippen LogP contribution in [0, 0.1) is 10.7 Å². The van der Waals surface area contributed by atoms with Gasteiger partial charge in [-0.1, -0.05) is 5.16 Å². The third kappa shape index (κ3) is 5.31. The van der Waals surface area contributed by atoms with Crippen LogP contribution in [0.5, 0.6) is 0 Å². The van der Waals surface area contributed by atoms with E-state index in [-0.39, 0.29) is 34.1 Å². The molecule has 0 saturated carbocycles. The molecule has 0 aliphatic carbocycles. The van der Waals surface area contributed by atoms with E-state index in [9.17, 15) is 27.3 Å². The minimum atomic E-state index is -4.84. The zero-order valence-corrected chi connectivity index (χ0v) is 19.0. The number of amidine groups is 1. The Morgan fingerprint density at radius 2 is 2.00 bits per heavy atom. The van der Waals surface area contributed by atoms with Crippen LogP contribution < -0.4 is 10.3 Å². The van der Waals surface area contributed by atoms with Crippen LogP contribution in [-0.4, -0.2) is 51.6 Å². The van der Waals surface area contributed by atoms with Crippen molar-refractivity contribution in [2.24, 2.45) is 10.3 Å². The SMILES string of the molecule is CN(N=O)c1cnc(-c2cc(-c3ccc(F)c([C@]4(C)C[C@@H](C(F)(F)F)N=C(NC(=O)O)O4)c3)on2)cn1. The molecule has 0 spiro atoms. The van der Waals surface area contributed by atoms with Crippen LogP contribution in [-0.2, 0) is 10.3 Å². The van der Waals surface area contributed by atoms with Crippen molar-refractivity contribution in [2.45, 2.75) is 31.2 Å². The molecule has 2 atom stereocenters. The number of hydrogen-bond donors (Lipinski definition) is 2. The zero-order valence-electron chi connectivity index (χ0n) is 19.0. The largest absolute Gasteiger partial charge is 0.465 e. The van der Waals surface area contributed by atoms with E-state index in [0.29, 0.717) is 0 Å². The number of aromatic nitrogens is 3. The Bertz CT molecular complexity index is 1360. The minimum absolute atomic E-state index is 0.123. The molecule has 1 aliphatic rings. The third-order valence-corrected chi connectivity index (χ3v) is 5.46. The zero-order chi connectivity index (χ0) is 27.0. The lowest BCUT2D eigenvalue weighted by Gasteiger charge is -2.38. The van der Waals surface area contributed by atoms with Crippen LogP contribution in [0.1, 0.15) is 18.9 Å². The Balaban J connectivity index is 1.67. The Labute approximate surface area is 204 Å². The maximum atomic E-state index is 14.9. The maximum Gasteiger partial charge on any atom is 0.412 e. The van der Waals surface area contributed by atoms with E-state index < -0.39 is 42.2 Å². The van der Waals surface area contributed by atoms with Crippen molar-refractivity contribution in [1.82, 2.24) is 20.4 Å². The molecule has 16 heteroatoms. The highest BCUT2D eigenvalue weighted by molar-refractivity contribution is 5.90. The van der Waals surface area contributed by atoms with Gasteiger partial charge in [0.15, 0.2) is 17.6 Å². The number of nitrogens with one attached hydrogen (secondary N) is 1. The predicted octanol–water partition coefficient (Wildman–Crippen LogP) is 4.25. The molecule has 0 radical (unpaired) electrons. The molecule has 0 unspecified atom stereocenters. The molecule has 194 valence electrons. The first-order valence-electron chi connectivity index (χ1n) is 10.4. The summed E-state index contributed by atoms with van der Waals surface area (Å²) >= 11 is 0. The molecule has 4 rings (SSSR count). The second-order valence-electron chi connectivity index (χ2n) is 8.09. The first-order chi connectivity index (χ1) is 17.4. The number of benzene rings is 1. The quantitative estimate of drug-likeness (QED) is 0.284. The van der Waals surface area contributed by atoms with Gasteiger partial charge in [0.2, 0.25) is 0 Å². The topological polar surface area (TPSA) is 155 Å². The average molecular weight is 523 g/mol. The van der Waals surface area contributed by atoms with Gasteiger partial charge in [-0.3, -0.25) is 0 Å². The van der Waals surface area contributed by atoms with E-state index in [1.807, 2.05) is 0 Å². The van der Waals surface area contributed by atoms with E-state index in [2.05, 4.69) is 25.4 Å². The van der Waals surface area contributed by atoms with Crippen LogP contribution in [0.25, 0.3) is 22.7 Å². The number of aliphatic imine (C=N–C) groups is 1. The molecule has 0 bridgehead atoms. The lowest BCUT2D eigenvalue weighted by molar-refractivity contribution is -0.164. The summed E-state index contributed by atoms with van der Waals surface area (Å²) in [6.45, 7) is 1.19. The van der Waals surface area contributed by atoms with Crippen LogP contribution in [0.3, 0.4) is 0 Å². The van der Waals surface area contributed by atoms with Crippen molar-refractivity contribution >= 4 is 17.9 Å². The van der Waals surface area contributed by atoms with Crippen LogP contribution in [0.15, 0.2) is 51.5 Å². The standard InChI is InChI=1S/C21H17F4N7O5/c1-20(7-16(21(23,24)25)28-18(36-20)29-19(33)34)11-5-10(3-4-12(11)22)15-6-13(30-37-15)14-8-27-17(9-26-14)32(2)31-35/h3-6,8-9,16H,7H2,1-2H3,(H,28,29)(H,33,34)/t16-,20-/m0/s1. The number of anilines is 1. The molecule has 37 heavy (non-hydrogen) atoms. The molecule has 1 amide bonds. The van der Waals surface area contributed by atoms with Crippen molar-refractivity contribution < 1.29 is 36.7 Å². The van der Waals surface area contributed by atoms with Gasteiger partial charge in [0.05, 0.1) is 17.7 Å². The fraction of sp³-hybridized carbons (Fsp3) is 0.286. The van der Waals surface area contributed by atoms with Gasteiger partial charge in [-0.15, -0.1) is 4.91 Å². The number of ether oxygens (including phenoxy) is 1. The number of carbonyl (C=O) groups is 1. The molecule has 2 N–H and O–H groups in total. The summed E-state index contributed by atoms with van der Waals surface area (Å²) in [6, 6.07) is 1.74. The van der Waals surface area contributed by atoms with Gasteiger partial charge in [0, 0.05) is 30.7 Å². The number of carboxylic acid groups (broad SMARTS) is 1. The van der Waals surface area contributed by atoms with Crippen LogP contribution >= 0.6 is 0 Å². The molecule has 3 heterocycles. The summed E-state index contributed by atoms with van der Waals surface area (Å²) in [5.74, 6) is -0.584. The van der Waals surface area contributed by atoms with E-state index in [0.717, 1.165) is 11.1 Å². The van der Waals surface area contributed by atoms with Crippen molar-refractivity contribution in [3.8, 4) is 22.7 Å². The summed E-state index contributed by atoms with van der Waals surface area (Å²) in [5, 5.41) is 18.1. The number of nitroso groups, excluding NO2 is 1. The fourth-order valence-corrected chi connectivity index (χ4v) is 3.62. The normalized spacial score (nSPS) is 19.5. The van der Waals surface area contributed by atoms with Gasteiger partial charge < -0.3 is 14.4 Å². The first-order valence-corrected chi connectivity index (χ1v) is 10.4. The number of rotatable bonds is 5. The third-order valence-electron chi connectivity index (χ3n) is 5.46. The Morgan fingerprint density at radius 1 is 1.24 bits per heavy atom. The minimum Gasteiger partial charge on any atom is -0.465 e. The number of halogens is 4. The molecular weight excluding hydrogens is 506 g/mol. The van der Waals surface area contributed by atoms with Crippen molar-refractivity contribution in [2.75, 3.05) is 12.1 Å². The van der Waals surface area contributed by atoms with Gasteiger partial charge in [0.1, 0.15) is 22.8 Å². The summed E-state index contributed by atoms with van der Waals surface area (Å²) < 4.78 is 66.2. The monoisotopic (exact) mass is 523 g/mol. The van der Waals surface area contributed by atoms with Crippen LogP contribution in [0.4, 0.5) is 28.2 Å². The molecule has 0 fully saturated rings. The van der Waals surface area contributed by atoms with E-state index in [4.69, 9.17) is 14.4 Å². The highest BCUT2D eigenvalue weighted by Gasteiger charge is 2.50. The second kappa shape index (κ2) is 9.44. The van der Waals surface area contributed by atoms with Gasteiger partial charge in [0.25, 0.3) is 6.02 Å². The molecule has 1 aliphatic heterocycles. The Hall–Kier alpha value is -4.63. The number of hydrogen-bond acceptors (Lipinski definition) is 9. The summed E-state index contributed by atoms with van der Waals surface area (Å²) in [4.78, 5) is 33.0. The number of amides is 1. The molecule has 1 aromatic carbocycles. The van der Waals surface area contributed by atoms with Crippen molar-refractivity contribution in [1.29, 1.82) is 0 Å². The fourth-order valence-electron chi connectivity index (χ4n) is 3.62. The second-order valence-corrected chi connectivity index (χ2v) is 8.09. The summed E-state index contributed by atoms with van der Waals surface area (Å²) in [6.07, 6.45) is -4.74. The molecule has 2 aromatic heterocycles. The van der Waals surface area contributed by atoms with Gasteiger partial charge in [-0.25, -0.2) is 34.5 Å². The van der Waals surface area contributed by atoms with Gasteiger partial charge >= 0.3 is 12.3 Å². The predicted molar refractivity (Wildman–Crippen MR) is 119 cm³/mol. The lowest BCUT2D eigenvalue weighted by Crippen LogP contribution is -2.48. The molecular formula is C21H17F4N7O5. The van der Waals surface area contributed by atoms with Gasteiger partial charge in [-0.2, -0.15) is 13.2 Å². The molecule has 3 aromatic rings. The van der Waals surface area contributed by atoms with Crippen LogP contribution in [0.2, 0.25) is 0 Å². The smallest absolute Gasteiger partial charge is 0.412 e. The molecule has 12 nitrogen and oxygen atoms in total. The number of nitrogens with zero attached hydrogens (tertiary/aromatic N) is 6. The lowest BCUT2D eigenvalue weighted by atomic mass is 9.86. The molecule has 0 saturated heterocycles. The highest BCUT2D eigenvalue weighted by atomic mass is 19.4. The number of alkyl halides is 3. The Kier molecular flexibility index (Phi) is 6.49. The Morgan fingerprint density at radius 3 is 2.62 bits per heavy atom. The summed E-state index contributed by atoms with van der Waals surface area (Å²) in [5.41, 5.74) is -1.48. The summed E-state index contributed by atoms with van der Waals surface area (Å²) in [7, 11) is 1.39.